The van der Waals surface area contributed by atoms with Gasteiger partial charge in [-0.15, -0.1) is 0 Å². The fourth-order valence-electron chi connectivity index (χ4n) is 1.97. The van der Waals surface area contributed by atoms with Crippen LogP contribution in [0.4, 0.5) is 0 Å². The topological polar surface area (TPSA) is 25.2 Å². The number of halogens is 3. The van der Waals surface area contributed by atoms with E-state index in [1.54, 1.807) is 12.3 Å². The fraction of sp³-hybridized carbons (Fsp3) is 0.429. The molecule has 0 spiro atoms. The Balaban J connectivity index is 2.20. The molecule has 104 valence electrons. The fourth-order valence-corrected chi connectivity index (χ4v) is 2.74. The Labute approximate surface area is 128 Å². The zero-order valence-corrected chi connectivity index (χ0v) is 13.2. The first-order valence-electron chi connectivity index (χ1n) is 6.25. The molecule has 0 unspecified atom stereocenters. The Morgan fingerprint density at radius 2 is 1.95 bits per heavy atom. The van der Waals surface area contributed by atoms with Crippen LogP contribution in [-0.2, 0) is 6.42 Å². The molecule has 2 aromatic rings. The Morgan fingerprint density at radius 1 is 1.21 bits per heavy atom. The summed E-state index contributed by atoms with van der Waals surface area (Å²) in [7, 11) is 0. The molecule has 0 aliphatic rings. The Morgan fingerprint density at radius 3 is 2.63 bits per heavy atom. The van der Waals surface area contributed by atoms with Crippen LogP contribution in [0.15, 0.2) is 16.7 Å². The minimum absolute atomic E-state index is 0.456. The number of hydrogen-bond donors (Lipinski definition) is 1. The van der Waals surface area contributed by atoms with Crippen LogP contribution < -0.4 is 5.32 Å². The third kappa shape index (κ3) is 3.38. The van der Waals surface area contributed by atoms with Crippen molar-refractivity contribution in [2.24, 2.45) is 5.92 Å². The maximum absolute atomic E-state index is 6.24. The van der Waals surface area contributed by atoms with Crippen molar-refractivity contribution in [3.8, 4) is 0 Å². The van der Waals surface area contributed by atoms with Crippen molar-refractivity contribution in [1.29, 1.82) is 0 Å². The van der Waals surface area contributed by atoms with Crippen LogP contribution in [0.25, 0.3) is 11.0 Å². The molecule has 1 aromatic carbocycles. The van der Waals surface area contributed by atoms with Gasteiger partial charge in [-0.3, -0.25) is 0 Å². The molecular weight excluding hydrogens is 305 g/mol. The Kier molecular flexibility index (Phi) is 5.02. The highest BCUT2D eigenvalue weighted by molar-refractivity contribution is 6.47. The van der Waals surface area contributed by atoms with Gasteiger partial charge in [0.15, 0.2) is 5.58 Å². The second-order valence-electron chi connectivity index (χ2n) is 4.97. The van der Waals surface area contributed by atoms with Gasteiger partial charge in [-0.05, 0) is 31.5 Å². The van der Waals surface area contributed by atoms with Crippen LogP contribution in [0.2, 0.25) is 15.1 Å². The molecule has 0 saturated carbocycles. The molecule has 0 aliphatic heterocycles. The molecule has 1 N–H and O–H groups in total. The number of hydrogen-bond acceptors (Lipinski definition) is 2. The predicted molar refractivity (Wildman–Crippen MR) is 82.7 cm³/mol. The summed E-state index contributed by atoms with van der Waals surface area (Å²) in [5.74, 6) is 0.633. The molecule has 19 heavy (non-hydrogen) atoms. The van der Waals surface area contributed by atoms with Crippen molar-refractivity contribution in [3.63, 3.8) is 0 Å². The predicted octanol–water partition coefficient (Wildman–Crippen LogP) is 5.18. The molecule has 0 aliphatic carbocycles. The average molecular weight is 321 g/mol. The molecule has 0 radical (unpaired) electrons. The van der Waals surface area contributed by atoms with Crippen LogP contribution in [0, 0.1) is 5.92 Å². The van der Waals surface area contributed by atoms with E-state index >= 15 is 0 Å². The van der Waals surface area contributed by atoms with Crippen LogP contribution >= 0.6 is 34.8 Å². The molecule has 0 bridgehead atoms. The summed E-state index contributed by atoms with van der Waals surface area (Å²) in [4.78, 5) is 0. The van der Waals surface area contributed by atoms with E-state index in [0.717, 1.165) is 30.5 Å². The second-order valence-corrected chi connectivity index (χ2v) is 6.16. The lowest BCUT2D eigenvalue weighted by atomic mass is 10.1. The van der Waals surface area contributed by atoms with E-state index in [1.165, 1.54) is 0 Å². The highest BCUT2D eigenvalue weighted by Crippen LogP contribution is 2.38. The minimum atomic E-state index is 0.456. The average Bonchev–Trinajstić information content (AvgIpc) is 2.76. The Bertz CT molecular complexity index is 578. The van der Waals surface area contributed by atoms with Crippen LogP contribution in [0.3, 0.4) is 0 Å². The van der Waals surface area contributed by atoms with Crippen LogP contribution in [0.5, 0.6) is 0 Å². The lowest BCUT2D eigenvalue weighted by molar-refractivity contribution is 0.552. The number of rotatable bonds is 5. The van der Waals surface area contributed by atoms with Gasteiger partial charge in [0.2, 0.25) is 0 Å². The van der Waals surface area contributed by atoms with Crippen molar-refractivity contribution in [3.05, 3.63) is 33.0 Å². The van der Waals surface area contributed by atoms with Crippen LogP contribution in [-0.4, -0.2) is 13.1 Å². The number of benzene rings is 1. The smallest absolute Gasteiger partial charge is 0.154 e. The summed E-state index contributed by atoms with van der Waals surface area (Å²) in [5.41, 5.74) is 1.63. The van der Waals surface area contributed by atoms with Gasteiger partial charge in [0.25, 0.3) is 0 Å². The van der Waals surface area contributed by atoms with E-state index in [9.17, 15) is 0 Å². The van der Waals surface area contributed by atoms with Crippen molar-refractivity contribution < 1.29 is 4.42 Å². The zero-order valence-electron chi connectivity index (χ0n) is 10.9. The van der Waals surface area contributed by atoms with Gasteiger partial charge in [0, 0.05) is 10.9 Å². The Hall–Kier alpha value is -0.410. The third-order valence-electron chi connectivity index (χ3n) is 2.89. The summed E-state index contributed by atoms with van der Waals surface area (Å²) in [6.45, 7) is 6.21. The largest absolute Gasteiger partial charge is 0.462 e. The van der Waals surface area contributed by atoms with E-state index in [-0.39, 0.29) is 0 Å². The van der Waals surface area contributed by atoms with E-state index in [1.807, 2.05) is 0 Å². The lowest BCUT2D eigenvalue weighted by Crippen LogP contribution is -2.22. The van der Waals surface area contributed by atoms with E-state index in [2.05, 4.69) is 19.2 Å². The minimum Gasteiger partial charge on any atom is -0.462 e. The van der Waals surface area contributed by atoms with E-state index < -0.39 is 0 Å². The van der Waals surface area contributed by atoms with Gasteiger partial charge in [0.1, 0.15) is 0 Å². The van der Waals surface area contributed by atoms with E-state index in [0.29, 0.717) is 26.6 Å². The van der Waals surface area contributed by atoms with Gasteiger partial charge in [-0.25, -0.2) is 0 Å². The lowest BCUT2D eigenvalue weighted by Gasteiger charge is -2.07. The second kappa shape index (κ2) is 6.36. The summed E-state index contributed by atoms with van der Waals surface area (Å²) in [6, 6.07) is 1.61. The maximum Gasteiger partial charge on any atom is 0.154 e. The quantitative estimate of drug-likeness (QED) is 0.606. The zero-order chi connectivity index (χ0) is 14.0. The van der Waals surface area contributed by atoms with Gasteiger partial charge in [-0.2, -0.15) is 0 Å². The molecular formula is C14H16Cl3NO. The molecule has 1 heterocycles. The number of furan rings is 1. The normalized spacial score (nSPS) is 11.7. The van der Waals surface area contributed by atoms with Crippen molar-refractivity contribution in [1.82, 2.24) is 5.32 Å². The highest BCUT2D eigenvalue weighted by Gasteiger charge is 2.15. The molecule has 2 rings (SSSR count). The summed E-state index contributed by atoms with van der Waals surface area (Å²) in [5, 5.41) is 5.67. The third-order valence-corrected chi connectivity index (χ3v) is 3.96. The van der Waals surface area contributed by atoms with Gasteiger partial charge in [-0.1, -0.05) is 48.7 Å². The first-order chi connectivity index (χ1) is 9.00. The van der Waals surface area contributed by atoms with Gasteiger partial charge in [0.05, 0.1) is 21.3 Å². The summed E-state index contributed by atoms with van der Waals surface area (Å²) < 4.78 is 5.49. The molecule has 5 heteroatoms. The maximum atomic E-state index is 6.24. The molecule has 0 atom stereocenters. The highest BCUT2D eigenvalue weighted by atomic mass is 35.5. The van der Waals surface area contributed by atoms with Crippen LogP contribution in [0.1, 0.15) is 19.4 Å². The standard InChI is InChI=1S/C14H16Cl3NO/c1-8(2)6-18-4-3-9-7-19-14-11(16)5-10(15)13(17)12(9)14/h5,7-8,18H,3-4,6H2,1-2H3. The summed E-state index contributed by atoms with van der Waals surface area (Å²) in [6.07, 6.45) is 2.53. The van der Waals surface area contributed by atoms with Crippen molar-refractivity contribution in [2.75, 3.05) is 13.1 Å². The molecule has 2 nitrogen and oxygen atoms in total. The monoisotopic (exact) mass is 319 g/mol. The SMILES string of the molecule is CC(C)CNCCc1coc2c(Cl)cc(Cl)c(Cl)c12. The van der Waals surface area contributed by atoms with E-state index in [4.69, 9.17) is 39.2 Å². The molecule has 0 fully saturated rings. The first-order valence-corrected chi connectivity index (χ1v) is 7.38. The van der Waals surface area contributed by atoms with Crippen molar-refractivity contribution in [2.45, 2.75) is 20.3 Å². The van der Waals surface area contributed by atoms with Gasteiger partial charge < -0.3 is 9.73 Å². The first kappa shape index (κ1) is 15.0. The number of fused-ring (bicyclic) bond motifs is 1. The molecule has 0 saturated heterocycles. The summed E-state index contributed by atoms with van der Waals surface area (Å²) >= 11 is 18.4. The molecule has 0 amide bonds. The number of nitrogens with one attached hydrogen (secondary N) is 1. The van der Waals surface area contributed by atoms with Gasteiger partial charge >= 0.3 is 0 Å². The van der Waals surface area contributed by atoms with Crippen molar-refractivity contribution >= 4 is 45.8 Å². The molecule has 1 aromatic heterocycles.